The summed E-state index contributed by atoms with van der Waals surface area (Å²) < 4.78 is 22.5. The van der Waals surface area contributed by atoms with Gasteiger partial charge in [0, 0.05) is 12.1 Å². The second-order valence-electron chi connectivity index (χ2n) is 4.46. The summed E-state index contributed by atoms with van der Waals surface area (Å²) in [7, 11) is -3.79. The molecule has 0 spiro atoms. The molecule has 1 unspecified atom stereocenters. The van der Waals surface area contributed by atoms with Crippen molar-refractivity contribution in [1.29, 1.82) is 0 Å². The Morgan fingerprint density at radius 2 is 2.11 bits per heavy atom. The van der Waals surface area contributed by atoms with Crippen LogP contribution in [0.25, 0.3) is 0 Å². The number of primary sulfonamides is 1. The van der Waals surface area contributed by atoms with Crippen molar-refractivity contribution in [2.45, 2.75) is 37.7 Å². The van der Waals surface area contributed by atoms with Crippen LogP contribution < -0.4 is 10.5 Å². The third-order valence-corrected chi connectivity index (χ3v) is 3.51. The average molecular weight is 286 g/mol. The number of nitrogens with one attached hydrogen (secondary N) is 1. The molecule has 1 rings (SSSR count). The minimum atomic E-state index is -3.79. The van der Waals surface area contributed by atoms with E-state index in [9.17, 15) is 13.2 Å². The van der Waals surface area contributed by atoms with Gasteiger partial charge in [0.25, 0.3) is 0 Å². The lowest BCUT2D eigenvalue weighted by Crippen LogP contribution is -2.16. The van der Waals surface area contributed by atoms with Crippen LogP contribution in [0.15, 0.2) is 23.1 Å². The molecule has 4 N–H and O–H groups in total. The second-order valence-corrected chi connectivity index (χ2v) is 6.02. The first kappa shape index (κ1) is 15.6. The van der Waals surface area contributed by atoms with Crippen LogP contribution >= 0.6 is 0 Å². The number of rotatable bonds is 5. The molecule has 0 bridgehead atoms. The Bertz CT molecular complexity index is 567. The molecule has 1 atom stereocenters. The maximum absolute atomic E-state index is 11.6. The predicted molar refractivity (Wildman–Crippen MR) is 72.1 cm³/mol. The number of nitrogens with two attached hydrogens (primary N) is 1. The number of hydrogen-bond donors (Lipinski definition) is 3. The minimum Gasteiger partial charge on any atom is -0.393 e. The third-order valence-electron chi connectivity index (χ3n) is 2.60. The third kappa shape index (κ3) is 4.98. The van der Waals surface area contributed by atoms with Gasteiger partial charge in [-0.15, -0.1) is 0 Å². The van der Waals surface area contributed by atoms with E-state index in [-0.39, 0.29) is 17.2 Å². The standard InChI is InChI=1S/C12H18N2O4S/c1-8-3-5-10(19(13,17)18)7-11(8)14-12(16)6-4-9(2)15/h3,5,7,9,15H,4,6H2,1-2H3,(H,14,16)(H2,13,17,18). The molecule has 0 aliphatic heterocycles. The zero-order chi connectivity index (χ0) is 14.6. The molecule has 7 heteroatoms. The van der Waals surface area contributed by atoms with E-state index in [0.29, 0.717) is 12.1 Å². The van der Waals surface area contributed by atoms with E-state index in [4.69, 9.17) is 10.2 Å². The van der Waals surface area contributed by atoms with Crippen molar-refractivity contribution < 1.29 is 18.3 Å². The number of sulfonamides is 1. The molecule has 0 heterocycles. The molecule has 106 valence electrons. The van der Waals surface area contributed by atoms with Crippen molar-refractivity contribution >= 4 is 21.6 Å². The van der Waals surface area contributed by atoms with Gasteiger partial charge in [0.2, 0.25) is 15.9 Å². The Kier molecular flexibility index (Phi) is 5.04. The lowest BCUT2D eigenvalue weighted by Gasteiger charge is -2.10. The summed E-state index contributed by atoms with van der Waals surface area (Å²) in [6.07, 6.45) is -0.0428. The van der Waals surface area contributed by atoms with Crippen LogP contribution in [-0.4, -0.2) is 25.5 Å². The number of benzene rings is 1. The number of aryl methyl sites for hydroxylation is 1. The summed E-state index contributed by atoms with van der Waals surface area (Å²) >= 11 is 0. The Hall–Kier alpha value is -1.44. The lowest BCUT2D eigenvalue weighted by molar-refractivity contribution is -0.116. The molecule has 0 radical (unpaired) electrons. The van der Waals surface area contributed by atoms with Gasteiger partial charge in [-0.1, -0.05) is 6.07 Å². The summed E-state index contributed by atoms with van der Waals surface area (Å²) in [5, 5.41) is 16.7. The van der Waals surface area contributed by atoms with Crippen molar-refractivity contribution in [2.24, 2.45) is 5.14 Å². The molecule has 0 fully saturated rings. The highest BCUT2D eigenvalue weighted by Gasteiger charge is 2.12. The molecule has 0 aromatic heterocycles. The van der Waals surface area contributed by atoms with Crippen LogP contribution in [-0.2, 0) is 14.8 Å². The summed E-state index contributed by atoms with van der Waals surface area (Å²) in [5.74, 6) is -0.282. The number of aliphatic hydroxyl groups is 1. The predicted octanol–water partition coefficient (Wildman–Crippen LogP) is 0.742. The second kappa shape index (κ2) is 6.14. The number of amides is 1. The molecule has 1 aromatic rings. The first-order valence-electron chi connectivity index (χ1n) is 5.81. The van der Waals surface area contributed by atoms with E-state index in [2.05, 4.69) is 5.32 Å². The highest BCUT2D eigenvalue weighted by Crippen LogP contribution is 2.19. The molecule has 0 aliphatic rings. The van der Waals surface area contributed by atoms with E-state index in [1.807, 2.05) is 0 Å². The highest BCUT2D eigenvalue weighted by molar-refractivity contribution is 7.89. The number of anilines is 1. The van der Waals surface area contributed by atoms with Gasteiger partial charge in [-0.25, -0.2) is 13.6 Å². The Morgan fingerprint density at radius 1 is 1.47 bits per heavy atom. The molecule has 1 amide bonds. The quantitative estimate of drug-likeness (QED) is 0.741. The van der Waals surface area contributed by atoms with Crippen molar-refractivity contribution in [3.63, 3.8) is 0 Å². The van der Waals surface area contributed by atoms with Gasteiger partial charge in [0.15, 0.2) is 0 Å². The van der Waals surface area contributed by atoms with E-state index in [1.165, 1.54) is 12.1 Å². The van der Waals surface area contributed by atoms with Crippen LogP contribution in [0.4, 0.5) is 5.69 Å². The van der Waals surface area contributed by atoms with Crippen LogP contribution in [0.3, 0.4) is 0 Å². The van der Waals surface area contributed by atoms with Crippen LogP contribution in [0.1, 0.15) is 25.3 Å². The summed E-state index contributed by atoms with van der Waals surface area (Å²) in [4.78, 5) is 11.6. The fourth-order valence-electron chi connectivity index (χ4n) is 1.47. The SMILES string of the molecule is Cc1ccc(S(N)(=O)=O)cc1NC(=O)CCC(C)O. The molecular formula is C12H18N2O4S. The van der Waals surface area contributed by atoms with E-state index in [1.54, 1.807) is 19.9 Å². The van der Waals surface area contributed by atoms with E-state index < -0.39 is 16.1 Å². The summed E-state index contributed by atoms with van der Waals surface area (Å²) in [5.41, 5.74) is 1.14. The molecule has 6 nitrogen and oxygen atoms in total. The van der Waals surface area contributed by atoms with Crippen molar-refractivity contribution in [2.75, 3.05) is 5.32 Å². The van der Waals surface area contributed by atoms with Gasteiger partial charge in [-0.2, -0.15) is 0 Å². The fraction of sp³-hybridized carbons (Fsp3) is 0.417. The van der Waals surface area contributed by atoms with E-state index >= 15 is 0 Å². The summed E-state index contributed by atoms with van der Waals surface area (Å²) in [6, 6.07) is 4.28. The lowest BCUT2D eigenvalue weighted by atomic mass is 10.2. The van der Waals surface area contributed by atoms with Gasteiger partial charge in [-0.3, -0.25) is 4.79 Å². The number of carbonyl (C=O) groups excluding carboxylic acids is 1. The monoisotopic (exact) mass is 286 g/mol. The van der Waals surface area contributed by atoms with Gasteiger partial charge >= 0.3 is 0 Å². The average Bonchev–Trinajstić information content (AvgIpc) is 2.28. The van der Waals surface area contributed by atoms with Crippen molar-refractivity contribution in [1.82, 2.24) is 0 Å². The van der Waals surface area contributed by atoms with Crippen molar-refractivity contribution in [3.05, 3.63) is 23.8 Å². The largest absolute Gasteiger partial charge is 0.393 e. The molecule has 0 aliphatic carbocycles. The fourth-order valence-corrected chi connectivity index (χ4v) is 2.01. The summed E-state index contributed by atoms with van der Waals surface area (Å²) in [6.45, 7) is 3.34. The van der Waals surface area contributed by atoms with Gasteiger partial charge < -0.3 is 10.4 Å². The number of hydrogen-bond acceptors (Lipinski definition) is 4. The van der Waals surface area contributed by atoms with Crippen LogP contribution in [0.2, 0.25) is 0 Å². The van der Waals surface area contributed by atoms with Gasteiger partial charge in [0.05, 0.1) is 11.0 Å². The molecule has 0 saturated carbocycles. The van der Waals surface area contributed by atoms with E-state index in [0.717, 1.165) is 5.56 Å². The number of carbonyl (C=O) groups is 1. The maximum atomic E-state index is 11.6. The first-order valence-corrected chi connectivity index (χ1v) is 7.36. The first-order chi connectivity index (χ1) is 8.70. The smallest absolute Gasteiger partial charge is 0.238 e. The Morgan fingerprint density at radius 3 is 2.63 bits per heavy atom. The number of aliphatic hydroxyl groups excluding tert-OH is 1. The molecule has 19 heavy (non-hydrogen) atoms. The van der Waals surface area contributed by atoms with Crippen molar-refractivity contribution in [3.8, 4) is 0 Å². The Labute approximate surface area is 112 Å². The maximum Gasteiger partial charge on any atom is 0.238 e. The molecule has 0 saturated heterocycles. The Balaban J connectivity index is 2.86. The zero-order valence-corrected chi connectivity index (χ0v) is 11.7. The molecule has 1 aromatic carbocycles. The topological polar surface area (TPSA) is 109 Å². The zero-order valence-electron chi connectivity index (χ0n) is 10.9. The van der Waals surface area contributed by atoms with Gasteiger partial charge in [-0.05, 0) is 38.0 Å². The highest BCUT2D eigenvalue weighted by atomic mass is 32.2. The van der Waals surface area contributed by atoms with Crippen LogP contribution in [0, 0.1) is 6.92 Å². The molecular weight excluding hydrogens is 268 g/mol. The van der Waals surface area contributed by atoms with Gasteiger partial charge in [0.1, 0.15) is 0 Å². The normalized spacial score (nSPS) is 13.1. The van der Waals surface area contributed by atoms with Crippen LogP contribution in [0.5, 0.6) is 0 Å². The minimum absolute atomic E-state index is 0.0519.